The molecule has 0 aliphatic rings. The van der Waals surface area contributed by atoms with Gasteiger partial charge < -0.3 is 10.2 Å². The third-order valence-corrected chi connectivity index (χ3v) is 3.19. The molecule has 2 rings (SSSR count). The van der Waals surface area contributed by atoms with Gasteiger partial charge in [0.1, 0.15) is 17.9 Å². The third kappa shape index (κ3) is 3.30. The largest absolute Gasteiger partial charge is 0.437 e. The van der Waals surface area contributed by atoms with Crippen molar-refractivity contribution >= 4 is 29.0 Å². The minimum Gasteiger partial charge on any atom is -0.437 e. The molecule has 0 bridgehead atoms. The summed E-state index contributed by atoms with van der Waals surface area (Å²) >= 11 is 12.0. The lowest BCUT2D eigenvalue weighted by molar-refractivity contribution is 0.454. The highest BCUT2D eigenvalue weighted by Crippen LogP contribution is 2.33. The number of benzene rings is 1. The summed E-state index contributed by atoms with van der Waals surface area (Å²) in [6, 6.07) is 5.00. The van der Waals surface area contributed by atoms with Gasteiger partial charge in [0.05, 0.1) is 10.6 Å². The summed E-state index contributed by atoms with van der Waals surface area (Å²) in [6.45, 7) is 2.05. The van der Waals surface area contributed by atoms with E-state index in [-0.39, 0.29) is 0 Å². The van der Waals surface area contributed by atoms with Crippen molar-refractivity contribution in [1.82, 2.24) is 9.97 Å². The number of nitrogen functional groups attached to an aromatic ring is 1. The van der Waals surface area contributed by atoms with Crippen molar-refractivity contribution in [3.05, 3.63) is 40.1 Å². The van der Waals surface area contributed by atoms with Crippen LogP contribution in [0.4, 0.5) is 5.82 Å². The molecule has 0 aliphatic heterocycles. The van der Waals surface area contributed by atoms with Gasteiger partial charge in [-0.15, -0.1) is 0 Å². The zero-order valence-corrected chi connectivity index (χ0v) is 12.4. The van der Waals surface area contributed by atoms with Gasteiger partial charge in [-0.1, -0.05) is 36.5 Å². The van der Waals surface area contributed by atoms with Crippen LogP contribution in [-0.2, 0) is 6.42 Å². The maximum Gasteiger partial charge on any atom is 0.227 e. The second kappa shape index (κ2) is 6.74. The first kappa shape index (κ1) is 14.8. The zero-order chi connectivity index (χ0) is 14.5. The van der Waals surface area contributed by atoms with Crippen LogP contribution in [0.1, 0.15) is 18.9 Å². The Morgan fingerprint density at radius 3 is 2.80 bits per heavy atom. The quantitative estimate of drug-likeness (QED) is 0.648. The van der Waals surface area contributed by atoms with E-state index in [1.807, 2.05) is 6.92 Å². The highest BCUT2D eigenvalue weighted by atomic mass is 35.5. The molecule has 2 aromatic rings. The Morgan fingerprint density at radius 1 is 1.30 bits per heavy atom. The Hall–Kier alpha value is -1.56. The summed E-state index contributed by atoms with van der Waals surface area (Å²) in [7, 11) is 0. The van der Waals surface area contributed by atoms with Crippen molar-refractivity contribution in [3.63, 3.8) is 0 Å². The molecule has 3 N–H and O–H groups in total. The maximum atomic E-state index is 6.08. The molecular formula is C13H14Cl2N4O. The van der Waals surface area contributed by atoms with Crippen molar-refractivity contribution < 1.29 is 4.74 Å². The summed E-state index contributed by atoms with van der Waals surface area (Å²) in [6.07, 6.45) is 3.01. The smallest absolute Gasteiger partial charge is 0.227 e. The topological polar surface area (TPSA) is 73.1 Å². The number of hydrazine groups is 1. The van der Waals surface area contributed by atoms with Crippen molar-refractivity contribution in [3.8, 4) is 11.6 Å². The van der Waals surface area contributed by atoms with Crippen LogP contribution < -0.4 is 16.0 Å². The second-order valence-corrected chi connectivity index (χ2v) is 4.92. The molecule has 1 heterocycles. The average Bonchev–Trinajstić information content (AvgIpc) is 2.45. The summed E-state index contributed by atoms with van der Waals surface area (Å²) in [4.78, 5) is 8.21. The number of hydrogen-bond acceptors (Lipinski definition) is 5. The summed E-state index contributed by atoms with van der Waals surface area (Å²) in [5.74, 6) is 6.85. The summed E-state index contributed by atoms with van der Waals surface area (Å²) in [5, 5.41) is 0.991. The Morgan fingerprint density at radius 2 is 2.10 bits per heavy atom. The van der Waals surface area contributed by atoms with Gasteiger partial charge >= 0.3 is 0 Å². The van der Waals surface area contributed by atoms with Crippen LogP contribution in [0.5, 0.6) is 11.6 Å². The van der Waals surface area contributed by atoms with Gasteiger partial charge in [0.2, 0.25) is 5.88 Å². The number of rotatable bonds is 5. The number of aromatic nitrogens is 2. The molecule has 0 unspecified atom stereocenters. The summed E-state index contributed by atoms with van der Waals surface area (Å²) < 4.78 is 5.75. The normalized spacial score (nSPS) is 10.4. The molecule has 0 atom stereocenters. The van der Waals surface area contributed by atoms with E-state index in [4.69, 9.17) is 33.8 Å². The number of nitrogens with one attached hydrogen (secondary N) is 1. The van der Waals surface area contributed by atoms with E-state index in [9.17, 15) is 0 Å². The minimum atomic E-state index is 0.416. The molecule has 5 nitrogen and oxygen atoms in total. The van der Waals surface area contributed by atoms with Gasteiger partial charge in [0, 0.05) is 11.1 Å². The fourth-order valence-electron chi connectivity index (χ4n) is 1.74. The molecule has 0 saturated carbocycles. The molecule has 1 aromatic heterocycles. The van der Waals surface area contributed by atoms with Crippen molar-refractivity contribution in [1.29, 1.82) is 0 Å². The molecule has 0 spiro atoms. The first-order valence-electron chi connectivity index (χ1n) is 6.09. The van der Waals surface area contributed by atoms with Crippen molar-refractivity contribution in [2.75, 3.05) is 5.43 Å². The van der Waals surface area contributed by atoms with E-state index in [1.165, 1.54) is 6.33 Å². The molecule has 0 fully saturated rings. The molecule has 0 aliphatic carbocycles. The average molecular weight is 313 g/mol. The fourth-order valence-corrected chi connectivity index (χ4v) is 2.06. The monoisotopic (exact) mass is 312 g/mol. The molecule has 0 saturated heterocycles. The first-order valence-corrected chi connectivity index (χ1v) is 6.84. The third-order valence-electron chi connectivity index (χ3n) is 2.64. The highest BCUT2D eigenvalue weighted by molar-refractivity contribution is 6.34. The maximum absolute atomic E-state index is 6.08. The van der Waals surface area contributed by atoms with Crippen LogP contribution in [0.25, 0.3) is 0 Å². The van der Waals surface area contributed by atoms with Crippen molar-refractivity contribution in [2.24, 2.45) is 5.84 Å². The Bertz CT molecular complexity index is 607. The van der Waals surface area contributed by atoms with E-state index in [1.54, 1.807) is 18.2 Å². The fraction of sp³-hybridized carbons (Fsp3) is 0.231. The van der Waals surface area contributed by atoms with Crippen LogP contribution >= 0.6 is 23.2 Å². The SMILES string of the molecule is CCCc1c(NN)ncnc1Oc1cc(Cl)ccc1Cl. The lowest BCUT2D eigenvalue weighted by Gasteiger charge is -2.13. The lowest BCUT2D eigenvalue weighted by atomic mass is 10.2. The molecular weight excluding hydrogens is 299 g/mol. The highest BCUT2D eigenvalue weighted by Gasteiger charge is 2.13. The van der Waals surface area contributed by atoms with E-state index >= 15 is 0 Å². The zero-order valence-electron chi connectivity index (χ0n) is 10.9. The number of nitrogens with two attached hydrogens (primary N) is 1. The predicted octanol–water partition coefficient (Wildman–Crippen LogP) is 3.81. The number of anilines is 1. The van der Waals surface area contributed by atoms with Gasteiger partial charge in [-0.25, -0.2) is 15.8 Å². The minimum absolute atomic E-state index is 0.416. The van der Waals surface area contributed by atoms with Crippen LogP contribution in [0, 0.1) is 0 Å². The van der Waals surface area contributed by atoms with E-state index < -0.39 is 0 Å². The van der Waals surface area contributed by atoms with Crippen LogP contribution in [0.15, 0.2) is 24.5 Å². The number of hydrogen-bond donors (Lipinski definition) is 2. The van der Waals surface area contributed by atoms with Crippen LogP contribution in [0.2, 0.25) is 10.0 Å². The van der Waals surface area contributed by atoms with Crippen LogP contribution in [-0.4, -0.2) is 9.97 Å². The van der Waals surface area contributed by atoms with Crippen LogP contribution in [0.3, 0.4) is 0 Å². The molecule has 20 heavy (non-hydrogen) atoms. The second-order valence-electron chi connectivity index (χ2n) is 4.08. The molecule has 7 heteroatoms. The molecule has 0 amide bonds. The van der Waals surface area contributed by atoms with E-state index in [0.29, 0.717) is 27.5 Å². The molecule has 106 valence electrons. The number of nitrogens with zero attached hydrogens (tertiary/aromatic N) is 2. The Labute approximate surface area is 127 Å². The van der Waals surface area contributed by atoms with Crippen molar-refractivity contribution in [2.45, 2.75) is 19.8 Å². The molecule has 0 radical (unpaired) electrons. The van der Waals surface area contributed by atoms with Gasteiger partial charge in [0.15, 0.2) is 0 Å². The van der Waals surface area contributed by atoms with E-state index in [2.05, 4.69) is 15.4 Å². The van der Waals surface area contributed by atoms with E-state index in [0.717, 1.165) is 18.4 Å². The number of ether oxygens (including phenoxy) is 1. The Kier molecular flexibility index (Phi) is 5.00. The number of halogens is 2. The summed E-state index contributed by atoms with van der Waals surface area (Å²) in [5.41, 5.74) is 3.34. The predicted molar refractivity (Wildman–Crippen MR) is 80.4 cm³/mol. The Balaban J connectivity index is 2.39. The van der Waals surface area contributed by atoms with Gasteiger partial charge in [-0.2, -0.15) is 0 Å². The van der Waals surface area contributed by atoms with Gasteiger partial charge in [0.25, 0.3) is 0 Å². The standard InChI is InChI=1S/C13H14Cl2N4O/c1-2-3-9-12(19-16)17-7-18-13(9)20-11-6-8(14)4-5-10(11)15/h4-7H,2-3,16H2,1H3,(H,17,18,19). The molecule has 1 aromatic carbocycles. The lowest BCUT2D eigenvalue weighted by Crippen LogP contribution is -2.12. The van der Waals surface area contributed by atoms with Gasteiger partial charge in [-0.3, -0.25) is 0 Å². The first-order chi connectivity index (χ1) is 9.65. The van der Waals surface area contributed by atoms with Gasteiger partial charge in [-0.05, 0) is 18.6 Å².